The number of rotatable bonds is 2. The smallest absolute Gasteiger partial charge is 0.248 e. The lowest BCUT2D eigenvalue weighted by molar-refractivity contribution is -0.826. The highest BCUT2D eigenvalue weighted by molar-refractivity contribution is 5.93. The Morgan fingerprint density at radius 3 is 2.43 bits per heavy atom. The van der Waals surface area contributed by atoms with Crippen molar-refractivity contribution < 1.29 is 15.5 Å². The van der Waals surface area contributed by atoms with E-state index in [1.165, 1.54) is 0 Å². The summed E-state index contributed by atoms with van der Waals surface area (Å²) in [5.74, 6) is -0.488. The largest absolute Gasteiger partial charge is 0.366 e. The molecule has 0 fully saturated rings. The van der Waals surface area contributed by atoms with Crippen molar-refractivity contribution in [1.82, 2.24) is 0 Å². The molecule has 14 heavy (non-hydrogen) atoms. The Balaban J connectivity index is 0.000000791. The number of hydrogen-bond acceptors (Lipinski definition) is 2. The van der Waals surface area contributed by atoms with Crippen molar-refractivity contribution in [2.45, 2.75) is 20.8 Å². The Labute approximate surface area is 83.7 Å². The molecule has 0 radical (unpaired) electrons. The van der Waals surface area contributed by atoms with E-state index in [0.29, 0.717) is 11.3 Å². The topological polar surface area (TPSA) is 79.9 Å². The van der Waals surface area contributed by atoms with Gasteiger partial charge in [0.25, 0.3) is 0 Å². The summed E-state index contributed by atoms with van der Waals surface area (Å²) < 4.78 is 0. The summed E-state index contributed by atoms with van der Waals surface area (Å²) in [5, 5.41) is 8.75. The van der Waals surface area contributed by atoms with Gasteiger partial charge in [-0.1, -0.05) is 19.9 Å². The highest BCUT2D eigenvalue weighted by Gasteiger charge is 2.06. The molecule has 1 aromatic rings. The van der Waals surface area contributed by atoms with Crippen LogP contribution in [0.25, 0.3) is 0 Å². The average molecular weight is 197 g/mol. The van der Waals surface area contributed by atoms with E-state index in [1.807, 2.05) is 20.8 Å². The number of benzene rings is 1. The predicted octanol–water partition coefficient (Wildman–Crippen LogP) is 0.704. The molecule has 0 saturated heterocycles. The minimum Gasteiger partial charge on any atom is -0.366 e. The number of quaternary nitrogens is 1. The highest BCUT2D eigenvalue weighted by atomic mass is 16.5. The highest BCUT2D eigenvalue weighted by Crippen LogP contribution is 2.10. The Morgan fingerprint density at radius 1 is 1.43 bits per heavy atom. The summed E-state index contributed by atoms with van der Waals surface area (Å²) in [5.41, 5.74) is 7.94. The molecule has 0 atom stereocenters. The second-order valence-electron chi connectivity index (χ2n) is 2.56. The lowest BCUT2D eigenvalue weighted by Gasteiger charge is -1.99. The lowest BCUT2D eigenvalue weighted by Crippen LogP contribution is -2.74. The van der Waals surface area contributed by atoms with E-state index in [9.17, 15) is 4.79 Å². The van der Waals surface area contributed by atoms with Crippen molar-refractivity contribution in [3.63, 3.8) is 0 Å². The van der Waals surface area contributed by atoms with Crippen LogP contribution in [0.4, 0.5) is 5.69 Å². The normalized spacial score (nSPS) is 8.86. The molecule has 1 aromatic carbocycles. The maximum Gasteiger partial charge on any atom is 0.248 e. The first-order valence-corrected chi connectivity index (χ1v) is 4.53. The van der Waals surface area contributed by atoms with E-state index in [2.05, 4.69) is 0 Å². The number of carbonyl (C=O) groups excluding carboxylic acids is 1. The molecule has 1 rings (SSSR count). The first kappa shape index (κ1) is 12.6. The Kier molecular flexibility index (Phi) is 5.52. The third-order valence-corrected chi connectivity index (χ3v) is 1.70. The van der Waals surface area contributed by atoms with Crippen LogP contribution in [0.15, 0.2) is 18.2 Å². The van der Waals surface area contributed by atoms with Crippen molar-refractivity contribution in [2.75, 3.05) is 0 Å². The van der Waals surface area contributed by atoms with Crippen LogP contribution in [0.1, 0.15) is 29.8 Å². The number of hydrogen-bond donors (Lipinski definition) is 3. The van der Waals surface area contributed by atoms with Gasteiger partial charge in [-0.3, -0.25) is 4.79 Å². The molecule has 0 unspecified atom stereocenters. The molecule has 0 heterocycles. The number of amides is 1. The summed E-state index contributed by atoms with van der Waals surface area (Å²) >= 11 is 0. The maximum absolute atomic E-state index is 10.7. The minimum atomic E-state index is -0.488. The van der Waals surface area contributed by atoms with Crippen molar-refractivity contribution in [2.24, 2.45) is 5.73 Å². The summed E-state index contributed by atoms with van der Waals surface area (Å²) in [6, 6.07) is 4.92. The first-order chi connectivity index (χ1) is 6.65. The van der Waals surface area contributed by atoms with Crippen LogP contribution in [0.2, 0.25) is 0 Å². The standard InChI is InChI=1S/C8H10N2O2.C2H6/c1-5-2-3-6(8(9)11)4-7(5)10-12;1-2/h2-4,10,12H,1H3,(H2,9,11);1-2H3/p+1. The molecular weight excluding hydrogens is 180 g/mol. The van der Waals surface area contributed by atoms with Crippen LogP contribution in [-0.2, 0) is 0 Å². The molecule has 0 aliphatic carbocycles. The fourth-order valence-corrected chi connectivity index (χ4v) is 0.933. The Morgan fingerprint density at radius 2 is 2.00 bits per heavy atom. The Bertz CT molecular complexity index is 311. The molecule has 0 spiro atoms. The van der Waals surface area contributed by atoms with E-state index in [4.69, 9.17) is 10.9 Å². The molecule has 0 aliphatic rings. The molecule has 5 N–H and O–H groups in total. The second kappa shape index (κ2) is 6.12. The van der Waals surface area contributed by atoms with Crippen LogP contribution in [0, 0.1) is 6.92 Å². The fraction of sp³-hybridized carbons (Fsp3) is 0.300. The number of aryl methyl sites for hydroxylation is 1. The zero-order valence-electron chi connectivity index (χ0n) is 8.74. The van der Waals surface area contributed by atoms with Crippen molar-refractivity contribution in [1.29, 1.82) is 0 Å². The van der Waals surface area contributed by atoms with Crippen LogP contribution in [0.3, 0.4) is 0 Å². The van der Waals surface area contributed by atoms with Gasteiger partial charge >= 0.3 is 0 Å². The van der Waals surface area contributed by atoms with E-state index >= 15 is 0 Å². The number of nitrogens with two attached hydrogens (primary N) is 2. The molecule has 4 heteroatoms. The molecule has 0 bridgehead atoms. The third kappa shape index (κ3) is 3.16. The molecule has 4 nitrogen and oxygen atoms in total. The first-order valence-electron chi connectivity index (χ1n) is 4.53. The number of primary amides is 1. The van der Waals surface area contributed by atoms with E-state index in [-0.39, 0.29) is 0 Å². The molecular formula is C10H17N2O2+. The fourth-order valence-electron chi connectivity index (χ4n) is 0.933. The van der Waals surface area contributed by atoms with Gasteiger partial charge in [-0.2, -0.15) is 5.48 Å². The summed E-state index contributed by atoms with van der Waals surface area (Å²) in [4.78, 5) is 10.7. The summed E-state index contributed by atoms with van der Waals surface area (Å²) in [6.45, 7) is 5.84. The van der Waals surface area contributed by atoms with Gasteiger partial charge < -0.3 is 5.73 Å². The Hall–Kier alpha value is -1.39. The lowest BCUT2D eigenvalue weighted by atomic mass is 10.1. The van der Waals surface area contributed by atoms with Gasteiger partial charge in [-0.15, -0.1) is 0 Å². The van der Waals surface area contributed by atoms with Crippen molar-refractivity contribution >= 4 is 11.6 Å². The quantitative estimate of drug-likeness (QED) is 0.482. The zero-order valence-corrected chi connectivity index (χ0v) is 8.74. The summed E-state index contributed by atoms with van der Waals surface area (Å²) in [6.07, 6.45) is 0. The molecule has 0 saturated carbocycles. The van der Waals surface area contributed by atoms with Gasteiger partial charge in [0.2, 0.25) is 5.91 Å². The van der Waals surface area contributed by atoms with E-state index in [0.717, 1.165) is 11.0 Å². The molecule has 78 valence electrons. The monoisotopic (exact) mass is 197 g/mol. The molecule has 0 aliphatic heterocycles. The SMILES string of the molecule is CC.Cc1ccc(C(N)=O)cc1[NH2+]O. The van der Waals surface area contributed by atoms with E-state index < -0.39 is 5.91 Å². The molecule has 1 amide bonds. The minimum absolute atomic E-state index is 0.404. The van der Waals surface area contributed by atoms with E-state index in [1.54, 1.807) is 18.2 Å². The summed E-state index contributed by atoms with van der Waals surface area (Å²) in [7, 11) is 0. The van der Waals surface area contributed by atoms with Gasteiger partial charge in [0.15, 0.2) is 5.69 Å². The number of carbonyl (C=O) groups is 1. The third-order valence-electron chi connectivity index (χ3n) is 1.70. The van der Waals surface area contributed by atoms with Gasteiger partial charge in [0, 0.05) is 17.2 Å². The van der Waals surface area contributed by atoms with Gasteiger partial charge in [-0.25, -0.2) is 5.21 Å². The van der Waals surface area contributed by atoms with Crippen molar-refractivity contribution in [3.05, 3.63) is 29.3 Å². The maximum atomic E-state index is 10.7. The van der Waals surface area contributed by atoms with Crippen LogP contribution in [0.5, 0.6) is 0 Å². The predicted molar refractivity (Wildman–Crippen MR) is 54.4 cm³/mol. The van der Waals surface area contributed by atoms with Gasteiger partial charge in [0.05, 0.1) is 0 Å². The van der Waals surface area contributed by atoms with Crippen molar-refractivity contribution in [3.8, 4) is 0 Å². The zero-order chi connectivity index (χ0) is 11.1. The molecule has 0 aromatic heterocycles. The van der Waals surface area contributed by atoms with Crippen LogP contribution >= 0.6 is 0 Å². The van der Waals surface area contributed by atoms with Crippen LogP contribution < -0.4 is 11.2 Å². The average Bonchev–Trinajstić information content (AvgIpc) is 2.21. The second-order valence-corrected chi connectivity index (χ2v) is 2.56. The van der Waals surface area contributed by atoms with Gasteiger partial charge in [0.1, 0.15) is 0 Å². The van der Waals surface area contributed by atoms with Gasteiger partial charge in [-0.05, 0) is 13.0 Å². The van der Waals surface area contributed by atoms with Crippen LogP contribution in [-0.4, -0.2) is 11.1 Å².